The van der Waals surface area contributed by atoms with Crippen LogP contribution in [0.25, 0.3) is 0 Å². The number of rotatable bonds is 7. The number of methoxy groups -OCH3 is 1. The van der Waals surface area contributed by atoms with Gasteiger partial charge in [0.2, 0.25) is 0 Å². The van der Waals surface area contributed by atoms with Crippen molar-refractivity contribution >= 4 is 0 Å². The molecule has 0 bridgehead atoms. The summed E-state index contributed by atoms with van der Waals surface area (Å²) in [6, 6.07) is 8.87. The Hall–Kier alpha value is -1.06. The van der Waals surface area contributed by atoms with E-state index < -0.39 is 0 Å². The van der Waals surface area contributed by atoms with Gasteiger partial charge in [-0.25, -0.2) is 0 Å². The van der Waals surface area contributed by atoms with Crippen LogP contribution in [0, 0.1) is 0 Å². The first-order chi connectivity index (χ1) is 8.21. The topological polar surface area (TPSA) is 24.5 Å². The Kier molecular flexibility index (Phi) is 6.01. The van der Waals surface area contributed by atoms with Gasteiger partial charge in [0.25, 0.3) is 0 Å². The third-order valence-corrected chi connectivity index (χ3v) is 3.13. The number of likely N-dealkylation sites (N-methyl/N-ethyl adjacent to an activating group) is 2. The fourth-order valence-electron chi connectivity index (χ4n) is 2.00. The molecule has 1 unspecified atom stereocenters. The molecule has 3 heteroatoms. The van der Waals surface area contributed by atoms with E-state index in [0.29, 0.717) is 6.04 Å². The molecule has 1 rings (SSSR count). The molecule has 96 valence electrons. The molecular weight excluding hydrogens is 212 g/mol. The smallest absolute Gasteiger partial charge is 0.118 e. The van der Waals surface area contributed by atoms with Crippen LogP contribution < -0.4 is 10.1 Å². The maximum Gasteiger partial charge on any atom is 0.118 e. The minimum absolute atomic E-state index is 0.585. The highest BCUT2D eigenvalue weighted by Crippen LogP contribution is 2.14. The molecule has 0 heterocycles. The van der Waals surface area contributed by atoms with Crippen molar-refractivity contribution in [3.63, 3.8) is 0 Å². The Balaban J connectivity index is 2.56. The van der Waals surface area contributed by atoms with Gasteiger partial charge in [-0.05, 0) is 38.2 Å². The monoisotopic (exact) mass is 236 g/mol. The van der Waals surface area contributed by atoms with E-state index in [-0.39, 0.29) is 0 Å². The van der Waals surface area contributed by atoms with Crippen molar-refractivity contribution in [1.29, 1.82) is 0 Å². The van der Waals surface area contributed by atoms with Gasteiger partial charge in [0, 0.05) is 19.1 Å². The van der Waals surface area contributed by atoms with Crippen molar-refractivity contribution in [2.45, 2.75) is 25.9 Å². The van der Waals surface area contributed by atoms with E-state index >= 15 is 0 Å². The lowest BCUT2D eigenvalue weighted by Gasteiger charge is -2.27. The molecule has 0 saturated heterocycles. The van der Waals surface area contributed by atoms with Gasteiger partial charge >= 0.3 is 0 Å². The maximum atomic E-state index is 5.16. The molecule has 0 amide bonds. The first kappa shape index (κ1) is 14.0. The zero-order chi connectivity index (χ0) is 12.7. The number of ether oxygens (including phenoxy) is 1. The fraction of sp³-hybridized carbons (Fsp3) is 0.571. The van der Waals surface area contributed by atoms with E-state index in [0.717, 1.165) is 25.3 Å². The van der Waals surface area contributed by atoms with E-state index in [1.807, 2.05) is 19.2 Å². The van der Waals surface area contributed by atoms with Crippen LogP contribution in [0.5, 0.6) is 5.75 Å². The highest BCUT2D eigenvalue weighted by Gasteiger charge is 2.11. The van der Waals surface area contributed by atoms with E-state index in [1.165, 1.54) is 5.56 Å². The predicted octanol–water partition coefficient (Wildman–Crippen LogP) is 2.12. The lowest BCUT2D eigenvalue weighted by Crippen LogP contribution is -2.38. The zero-order valence-electron chi connectivity index (χ0n) is 11.4. The van der Waals surface area contributed by atoms with Gasteiger partial charge in [0.05, 0.1) is 7.11 Å². The first-order valence-electron chi connectivity index (χ1n) is 6.19. The Morgan fingerprint density at radius 3 is 2.41 bits per heavy atom. The molecule has 0 spiro atoms. The van der Waals surface area contributed by atoms with Crippen LogP contribution in [0.4, 0.5) is 0 Å². The number of benzene rings is 1. The Bertz CT molecular complexity index is 311. The Labute approximate surface area is 105 Å². The molecule has 0 aliphatic carbocycles. The SMILES string of the molecule is CCC(CNC)N(C)Cc1ccc(OC)cc1. The van der Waals surface area contributed by atoms with Crippen LogP contribution in [0.15, 0.2) is 24.3 Å². The summed E-state index contributed by atoms with van der Waals surface area (Å²) in [5, 5.41) is 3.24. The molecule has 3 nitrogen and oxygen atoms in total. The van der Waals surface area contributed by atoms with Crippen molar-refractivity contribution < 1.29 is 4.74 Å². The van der Waals surface area contributed by atoms with Crippen LogP contribution in [-0.2, 0) is 6.54 Å². The van der Waals surface area contributed by atoms with Gasteiger partial charge in [0.15, 0.2) is 0 Å². The fourth-order valence-corrected chi connectivity index (χ4v) is 2.00. The molecule has 1 aromatic carbocycles. The summed E-state index contributed by atoms with van der Waals surface area (Å²) in [4.78, 5) is 2.39. The normalized spacial score (nSPS) is 12.8. The van der Waals surface area contributed by atoms with Gasteiger partial charge < -0.3 is 10.1 Å². The third-order valence-electron chi connectivity index (χ3n) is 3.13. The van der Waals surface area contributed by atoms with Crippen LogP contribution >= 0.6 is 0 Å². The number of hydrogen-bond acceptors (Lipinski definition) is 3. The molecular formula is C14H24N2O. The molecule has 1 aromatic rings. The summed E-state index contributed by atoms with van der Waals surface area (Å²) >= 11 is 0. The lowest BCUT2D eigenvalue weighted by atomic mass is 10.1. The summed E-state index contributed by atoms with van der Waals surface area (Å²) in [6.07, 6.45) is 1.16. The van der Waals surface area contributed by atoms with E-state index in [9.17, 15) is 0 Å². The molecule has 1 atom stereocenters. The lowest BCUT2D eigenvalue weighted by molar-refractivity contribution is 0.224. The molecule has 0 saturated carbocycles. The summed E-state index contributed by atoms with van der Waals surface area (Å²) in [6.45, 7) is 4.24. The summed E-state index contributed by atoms with van der Waals surface area (Å²) in [5.74, 6) is 0.915. The Morgan fingerprint density at radius 1 is 1.29 bits per heavy atom. The highest BCUT2D eigenvalue weighted by molar-refractivity contribution is 5.27. The van der Waals surface area contributed by atoms with Crippen molar-refractivity contribution in [3.05, 3.63) is 29.8 Å². The summed E-state index contributed by atoms with van der Waals surface area (Å²) in [7, 11) is 5.88. The Morgan fingerprint density at radius 2 is 1.94 bits per heavy atom. The van der Waals surface area contributed by atoms with Gasteiger partial charge in [-0.15, -0.1) is 0 Å². The van der Waals surface area contributed by atoms with Gasteiger partial charge in [-0.3, -0.25) is 4.90 Å². The zero-order valence-corrected chi connectivity index (χ0v) is 11.4. The molecule has 17 heavy (non-hydrogen) atoms. The van der Waals surface area contributed by atoms with Crippen LogP contribution in [-0.4, -0.2) is 38.7 Å². The largest absolute Gasteiger partial charge is 0.497 e. The number of nitrogens with one attached hydrogen (secondary N) is 1. The van der Waals surface area contributed by atoms with Crippen LogP contribution in [0.3, 0.4) is 0 Å². The van der Waals surface area contributed by atoms with Crippen molar-refractivity contribution in [3.8, 4) is 5.75 Å². The third kappa shape index (κ3) is 4.36. The maximum absolute atomic E-state index is 5.16. The number of hydrogen-bond donors (Lipinski definition) is 1. The quantitative estimate of drug-likeness (QED) is 0.785. The van der Waals surface area contributed by atoms with Crippen molar-refractivity contribution in [2.24, 2.45) is 0 Å². The highest BCUT2D eigenvalue weighted by atomic mass is 16.5. The van der Waals surface area contributed by atoms with E-state index in [2.05, 4.69) is 36.3 Å². The van der Waals surface area contributed by atoms with Crippen LogP contribution in [0.1, 0.15) is 18.9 Å². The van der Waals surface area contributed by atoms with Gasteiger partial charge in [0.1, 0.15) is 5.75 Å². The summed E-state index contributed by atoms with van der Waals surface area (Å²) in [5.41, 5.74) is 1.32. The molecule has 0 radical (unpaired) electrons. The van der Waals surface area contributed by atoms with Gasteiger partial charge in [-0.1, -0.05) is 19.1 Å². The summed E-state index contributed by atoms with van der Waals surface area (Å²) < 4.78 is 5.16. The van der Waals surface area contributed by atoms with E-state index in [1.54, 1.807) is 7.11 Å². The molecule has 0 aromatic heterocycles. The van der Waals surface area contributed by atoms with Crippen molar-refractivity contribution in [1.82, 2.24) is 10.2 Å². The second-order valence-electron chi connectivity index (χ2n) is 4.38. The second kappa shape index (κ2) is 7.30. The van der Waals surface area contributed by atoms with Crippen molar-refractivity contribution in [2.75, 3.05) is 27.7 Å². The minimum Gasteiger partial charge on any atom is -0.497 e. The first-order valence-corrected chi connectivity index (χ1v) is 6.19. The molecule has 0 aliphatic heterocycles. The average Bonchev–Trinajstić information content (AvgIpc) is 2.36. The standard InChI is InChI=1S/C14H24N2O/c1-5-13(10-15-2)16(3)11-12-6-8-14(17-4)9-7-12/h6-9,13,15H,5,10-11H2,1-4H3. The second-order valence-corrected chi connectivity index (χ2v) is 4.38. The van der Waals surface area contributed by atoms with Crippen LogP contribution in [0.2, 0.25) is 0 Å². The number of nitrogens with zero attached hydrogens (tertiary/aromatic N) is 1. The van der Waals surface area contributed by atoms with E-state index in [4.69, 9.17) is 4.74 Å². The van der Waals surface area contributed by atoms with Gasteiger partial charge in [-0.2, -0.15) is 0 Å². The molecule has 1 N–H and O–H groups in total. The average molecular weight is 236 g/mol. The minimum atomic E-state index is 0.585. The molecule has 0 fully saturated rings. The predicted molar refractivity (Wildman–Crippen MR) is 72.5 cm³/mol. The molecule has 0 aliphatic rings.